The van der Waals surface area contributed by atoms with E-state index in [0.717, 1.165) is 16.7 Å². The number of amides is 1. The second kappa shape index (κ2) is 9.52. The number of hydrogen-bond acceptors (Lipinski definition) is 2. The van der Waals surface area contributed by atoms with E-state index in [1.165, 1.54) is 31.0 Å². The normalized spacial score (nSPS) is 12.0. The second-order valence-corrected chi connectivity index (χ2v) is 9.51. The van der Waals surface area contributed by atoms with Gasteiger partial charge in [0, 0.05) is 19.2 Å². The second-order valence-electron chi connectivity index (χ2n) is 9.51. The summed E-state index contributed by atoms with van der Waals surface area (Å²) in [6.45, 7) is 7.31. The average Bonchev–Trinajstić information content (AvgIpc) is 2.99. The molecule has 34 heavy (non-hydrogen) atoms. The minimum Gasteiger partial charge on any atom is -0.392 e. The first kappa shape index (κ1) is 25.3. The first-order chi connectivity index (χ1) is 15.8. The van der Waals surface area contributed by atoms with E-state index in [4.69, 9.17) is 4.74 Å². The zero-order valence-corrected chi connectivity index (χ0v) is 19.8. The zero-order chi connectivity index (χ0) is 25.3. The molecular formula is C26H28F4N2O2. The average molecular weight is 477 g/mol. The van der Waals surface area contributed by atoms with Crippen molar-refractivity contribution in [2.45, 2.75) is 40.4 Å². The van der Waals surface area contributed by atoms with Crippen LogP contribution in [0, 0.1) is 18.2 Å². The smallest absolute Gasteiger partial charge is 0.392 e. The van der Waals surface area contributed by atoms with Gasteiger partial charge in [-0.2, -0.15) is 13.2 Å². The fourth-order valence-corrected chi connectivity index (χ4v) is 4.00. The van der Waals surface area contributed by atoms with Crippen molar-refractivity contribution >= 4 is 6.09 Å². The fraction of sp³-hybridized carbons (Fsp3) is 0.346. The number of carbonyl (C=O) groups is 1. The van der Waals surface area contributed by atoms with Gasteiger partial charge in [-0.25, -0.2) is 9.18 Å². The van der Waals surface area contributed by atoms with E-state index in [-0.39, 0.29) is 29.0 Å². The number of nitrogens with zero attached hydrogens (tertiary/aromatic N) is 2. The molecule has 0 radical (unpaired) electrons. The lowest BCUT2D eigenvalue weighted by molar-refractivity contribution is -0.144. The Kier molecular flexibility index (Phi) is 7.10. The highest BCUT2D eigenvalue weighted by atomic mass is 19.4. The molecule has 0 fully saturated rings. The number of aromatic nitrogens is 1. The lowest BCUT2D eigenvalue weighted by Gasteiger charge is -2.26. The van der Waals surface area contributed by atoms with Gasteiger partial charge in [0.1, 0.15) is 11.5 Å². The van der Waals surface area contributed by atoms with E-state index in [0.29, 0.717) is 17.7 Å². The van der Waals surface area contributed by atoms with Gasteiger partial charge in [-0.3, -0.25) is 0 Å². The molecule has 182 valence electrons. The quantitative estimate of drug-likeness (QED) is 0.367. The molecule has 0 atom stereocenters. The third kappa shape index (κ3) is 5.79. The highest BCUT2D eigenvalue weighted by molar-refractivity contribution is 5.79. The Morgan fingerprint density at radius 3 is 2.12 bits per heavy atom. The van der Waals surface area contributed by atoms with Crippen LogP contribution in [0.4, 0.5) is 22.4 Å². The van der Waals surface area contributed by atoms with Crippen LogP contribution in [0.15, 0.2) is 54.6 Å². The summed E-state index contributed by atoms with van der Waals surface area (Å²) >= 11 is 0. The number of carbonyl (C=O) groups excluding carboxylic acids is 1. The fourth-order valence-electron chi connectivity index (χ4n) is 4.00. The van der Waals surface area contributed by atoms with Crippen molar-refractivity contribution in [1.82, 2.24) is 9.47 Å². The van der Waals surface area contributed by atoms with Crippen LogP contribution in [-0.2, 0) is 12.7 Å². The van der Waals surface area contributed by atoms with Gasteiger partial charge in [-0.1, -0.05) is 63.2 Å². The molecule has 1 heterocycles. The van der Waals surface area contributed by atoms with Gasteiger partial charge in [0.15, 0.2) is 0 Å². The Balaban J connectivity index is 2.21. The van der Waals surface area contributed by atoms with Gasteiger partial charge in [-0.05, 0) is 41.2 Å². The summed E-state index contributed by atoms with van der Waals surface area (Å²) in [5.74, 6) is -0.754. The molecule has 0 unspecified atom stereocenters. The third-order valence-corrected chi connectivity index (χ3v) is 5.25. The first-order valence-corrected chi connectivity index (χ1v) is 10.8. The van der Waals surface area contributed by atoms with Crippen LogP contribution in [0.1, 0.15) is 37.6 Å². The number of halogens is 4. The molecule has 4 nitrogen and oxygen atoms in total. The maximum Gasteiger partial charge on any atom is 0.431 e. The molecule has 0 aliphatic heterocycles. The summed E-state index contributed by atoms with van der Waals surface area (Å²) < 4.78 is 63.0. The maximum absolute atomic E-state index is 14.3. The van der Waals surface area contributed by atoms with Gasteiger partial charge in [0.05, 0.1) is 6.54 Å². The Morgan fingerprint density at radius 1 is 1.00 bits per heavy atom. The van der Waals surface area contributed by atoms with Gasteiger partial charge in [0.2, 0.25) is 5.88 Å². The van der Waals surface area contributed by atoms with Crippen molar-refractivity contribution in [1.29, 1.82) is 0 Å². The summed E-state index contributed by atoms with van der Waals surface area (Å²) in [7, 11) is 1.53. The number of ether oxygens (including phenoxy) is 1. The SMILES string of the molecule is Cc1c(-c2ccc(F)cc2)c(OC(=O)N(C)CC(C)(C)C)n(Cc2ccccc2)c1C(F)(F)F. The maximum atomic E-state index is 14.3. The monoisotopic (exact) mass is 476 g/mol. The van der Waals surface area contributed by atoms with Crippen molar-refractivity contribution < 1.29 is 27.1 Å². The van der Waals surface area contributed by atoms with Crippen LogP contribution in [0.2, 0.25) is 0 Å². The Labute approximate surface area is 196 Å². The number of hydrogen-bond donors (Lipinski definition) is 0. The summed E-state index contributed by atoms with van der Waals surface area (Å²) in [6, 6.07) is 13.7. The predicted octanol–water partition coefficient (Wildman–Crippen LogP) is 7.15. The van der Waals surface area contributed by atoms with Gasteiger partial charge < -0.3 is 14.2 Å². The topological polar surface area (TPSA) is 34.5 Å². The molecule has 3 aromatic rings. The summed E-state index contributed by atoms with van der Waals surface area (Å²) in [5.41, 5.74) is -0.243. The van der Waals surface area contributed by atoms with Crippen molar-refractivity contribution in [2.24, 2.45) is 5.41 Å². The first-order valence-electron chi connectivity index (χ1n) is 10.8. The molecular weight excluding hydrogens is 448 g/mol. The molecule has 3 rings (SSSR count). The standard InChI is InChI=1S/C26H28F4N2O2/c1-17-21(19-11-13-20(27)14-12-19)23(34-24(33)31(5)16-25(2,3)4)32(22(17)26(28,29)30)15-18-9-7-6-8-10-18/h6-14H,15-16H2,1-5H3. The van der Waals surface area contributed by atoms with Crippen molar-refractivity contribution in [3.05, 3.63) is 77.2 Å². The van der Waals surface area contributed by atoms with Gasteiger partial charge >= 0.3 is 12.3 Å². The molecule has 2 aromatic carbocycles. The highest BCUT2D eigenvalue weighted by Gasteiger charge is 2.41. The van der Waals surface area contributed by atoms with E-state index in [9.17, 15) is 22.4 Å². The molecule has 0 bridgehead atoms. The summed E-state index contributed by atoms with van der Waals surface area (Å²) in [4.78, 5) is 14.3. The van der Waals surface area contributed by atoms with Crippen molar-refractivity contribution in [3.8, 4) is 17.0 Å². The lowest BCUT2D eigenvalue weighted by Crippen LogP contribution is -2.36. The third-order valence-electron chi connectivity index (χ3n) is 5.25. The molecule has 0 spiro atoms. The number of benzene rings is 2. The van der Waals surface area contributed by atoms with Crippen LogP contribution >= 0.6 is 0 Å². The lowest BCUT2D eigenvalue weighted by atomic mass is 9.96. The van der Waals surface area contributed by atoms with Crippen molar-refractivity contribution in [2.75, 3.05) is 13.6 Å². The van der Waals surface area contributed by atoms with E-state index >= 15 is 0 Å². The highest BCUT2D eigenvalue weighted by Crippen LogP contribution is 2.45. The van der Waals surface area contributed by atoms with Crippen LogP contribution in [0.3, 0.4) is 0 Å². The van der Waals surface area contributed by atoms with Crippen molar-refractivity contribution in [3.63, 3.8) is 0 Å². The molecule has 0 aliphatic rings. The van der Waals surface area contributed by atoms with E-state index in [1.807, 2.05) is 20.8 Å². The predicted molar refractivity (Wildman–Crippen MR) is 123 cm³/mol. The van der Waals surface area contributed by atoms with Gasteiger partial charge in [-0.15, -0.1) is 0 Å². The largest absolute Gasteiger partial charge is 0.431 e. The van der Waals surface area contributed by atoms with Gasteiger partial charge in [0.25, 0.3) is 0 Å². The zero-order valence-electron chi connectivity index (χ0n) is 19.8. The number of alkyl halides is 3. The Morgan fingerprint density at radius 2 is 1.59 bits per heavy atom. The van der Waals surface area contributed by atoms with Crippen LogP contribution in [0.25, 0.3) is 11.1 Å². The Hall–Kier alpha value is -3.29. The minimum atomic E-state index is -4.71. The van der Waals surface area contributed by atoms with E-state index in [2.05, 4.69) is 0 Å². The molecule has 0 N–H and O–H groups in total. The van der Waals surface area contributed by atoms with Crippen LogP contribution < -0.4 is 4.74 Å². The molecule has 8 heteroatoms. The molecule has 1 amide bonds. The minimum absolute atomic E-state index is 0.0979. The van der Waals surface area contributed by atoms with Crippen LogP contribution in [-0.4, -0.2) is 29.2 Å². The summed E-state index contributed by atoms with van der Waals surface area (Å²) in [5, 5.41) is 0. The summed E-state index contributed by atoms with van der Waals surface area (Å²) in [6.07, 6.45) is -5.49. The molecule has 1 aromatic heterocycles. The number of rotatable bonds is 5. The molecule has 0 saturated heterocycles. The van der Waals surface area contributed by atoms with Crippen LogP contribution in [0.5, 0.6) is 5.88 Å². The Bertz CT molecular complexity index is 1140. The van der Waals surface area contributed by atoms with E-state index < -0.39 is 23.8 Å². The molecule has 0 aliphatic carbocycles. The van der Waals surface area contributed by atoms with E-state index in [1.54, 1.807) is 30.3 Å². The molecule has 0 saturated carbocycles.